The predicted molar refractivity (Wildman–Crippen MR) is 45.5 cm³/mol. The molecule has 66 valence electrons. The number of aliphatic hydroxyl groups excluding tert-OH is 1. The summed E-state index contributed by atoms with van der Waals surface area (Å²) in [4.78, 5) is 0. The molecule has 0 aromatic heterocycles. The smallest absolute Gasteiger partial charge is 0.0471 e. The van der Waals surface area contributed by atoms with Crippen molar-refractivity contribution in [2.45, 2.75) is 25.9 Å². The Morgan fingerprint density at radius 1 is 1.55 bits per heavy atom. The summed E-state index contributed by atoms with van der Waals surface area (Å²) in [5.41, 5.74) is 0. The van der Waals surface area contributed by atoms with E-state index in [2.05, 4.69) is 24.5 Å². The Kier molecular flexibility index (Phi) is 3.30. The SMILES string of the molecule is CC1CNCC(C(C)CO)N1. The average molecular weight is 158 g/mol. The van der Waals surface area contributed by atoms with E-state index in [1.54, 1.807) is 0 Å². The summed E-state index contributed by atoms with van der Waals surface area (Å²) >= 11 is 0. The van der Waals surface area contributed by atoms with Crippen molar-refractivity contribution >= 4 is 0 Å². The quantitative estimate of drug-likeness (QED) is 0.511. The molecule has 0 saturated carbocycles. The first-order valence-corrected chi connectivity index (χ1v) is 4.31. The monoisotopic (exact) mass is 158 g/mol. The lowest BCUT2D eigenvalue weighted by Crippen LogP contribution is -2.56. The van der Waals surface area contributed by atoms with E-state index in [9.17, 15) is 0 Å². The van der Waals surface area contributed by atoms with Gasteiger partial charge >= 0.3 is 0 Å². The Hall–Kier alpha value is -0.120. The largest absolute Gasteiger partial charge is 0.396 e. The molecule has 3 atom stereocenters. The number of hydrogen-bond acceptors (Lipinski definition) is 3. The fourth-order valence-electron chi connectivity index (χ4n) is 1.43. The maximum Gasteiger partial charge on any atom is 0.0471 e. The first kappa shape index (κ1) is 8.97. The molecule has 0 amide bonds. The summed E-state index contributed by atoms with van der Waals surface area (Å²) in [6, 6.07) is 0.964. The Morgan fingerprint density at radius 2 is 2.27 bits per heavy atom. The van der Waals surface area contributed by atoms with Crippen molar-refractivity contribution in [1.82, 2.24) is 10.6 Å². The molecule has 0 aromatic rings. The molecule has 3 unspecified atom stereocenters. The van der Waals surface area contributed by atoms with Gasteiger partial charge in [-0.2, -0.15) is 0 Å². The van der Waals surface area contributed by atoms with Gasteiger partial charge in [-0.3, -0.25) is 0 Å². The molecular formula is C8H18N2O. The second-order valence-electron chi connectivity index (χ2n) is 3.49. The minimum absolute atomic E-state index is 0.270. The molecule has 0 aliphatic carbocycles. The van der Waals surface area contributed by atoms with E-state index in [4.69, 9.17) is 5.11 Å². The van der Waals surface area contributed by atoms with E-state index >= 15 is 0 Å². The van der Waals surface area contributed by atoms with Gasteiger partial charge in [-0.25, -0.2) is 0 Å². The van der Waals surface area contributed by atoms with Crippen molar-refractivity contribution < 1.29 is 5.11 Å². The summed E-state index contributed by atoms with van der Waals surface area (Å²) in [7, 11) is 0. The van der Waals surface area contributed by atoms with Crippen LogP contribution < -0.4 is 10.6 Å². The molecule has 1 rings (SSSR count). The minimum atomic E-state index is 0.270. The molecule has 0 radical (unpaired) electrons. The van der Waals surface area contributed by atoms with Crippen LogP contribution in [0.1, 0.15) is 13.8 Å². The van der Waals surface area contributed by atoms with Gasteiger partial charge in [0.15, 0.2) is 0 Å². The van der Waals surface area contributed by atoms with Crippen LogP contribution in [0.15, 0.2) is 0 Å². The molecule has 1 saturated heterocycles. The summed E-state index contributed by atoms with van der Waals surface area (Å²) in [6.45, 7) is 6.51. The third-order valence-electron chi connectivity index (χ3n) is 2.29. The molecule has 1 aliphatic heterocycles. The Morgan fingerprint density at radius 3 is 2.82 bits per heavy atom. The van der Waals surface area contributed by atoms with Crippen LogP contribution in [0.2, 0.25) is 0 Å². The first-order chi connectivity index (χ1) is 5.24. The van der Waals surface area contributed by atoms with Crippen LogP contribution in [0, 0.1) is 5.92 Å². The number of aliphatic hydroxyl groups is 1. The fourth-order valence-corrected chi connectivity index (χ4v) is 1.43. The highest BCUT2D eigenvalue weighted by Gasteiger charge is 2.21. The van der Waals surface area contributed by atoms with E-state index in [-0.39, 0.29) is 6.61 Å². The zero-order valence-electron chi connectivity index (χ0n) is 7.30. The normalized spacial score (nSPS) is 35.2. The van der Waals surface area contributed by atoms with Crippen molar-refractivity contribution in [3.63, 3.8) is 0 Å². The van der Waals surface area contributed by atoms with Gasteiger partial charge in [0, 0.05) is 31.8 Å². The van der Waals surface area contributed by atoms with Crippen molar-refractivity contribution in [2.75, 3.05) is 19.7 Å². The van der Waals surface area contributed by atoms with Crippen molar-refractivity contribution in [1.29, 1.82) is 0 Å². The maximum atomic E-state index is 8.91. The van der Waals surface area contributed by atoms with Gasteiger partial charge in [0.2, 0.25) is 0 Å². The highest BCUT2D eigenvalue weighted by Crippen LogP contribution is 2.04. The van der Waals surface area contributed by atoms with Gasteiger partial charge in [-0.1, -0.05) is 6.92 Å². The van der Waals surface area contributed by atoms with E-state index in [0.717, 1.165) is 13.1 Å². The third kappa shape index (κ3) is 2.43. The average Bonchev–Trinajstić information content (AvgIpc) is 2.03. The van der Waals surface area contributed by atoms with Crippen molar-refractivity contribution in [3.05, 3.63) is 0 Å². The molecule has 3 nitrogen and oxygen atoms in total. The molecule has 0 bridgehead atoms. The highest BCUT2D eigenvalue weighted by molar-refractivity contribution is 4.83. The highest BCUT2D eigenvalue weighted by atomic mass is 16.3. The minimum Gasteiger partial charge on any atom is -0.396 e. The van der Waals surface area contributed by atoms with E-state index in [0.29, 0.717) is 18.0 Å². The van der Waals surface area contributed by atoms with Crippen LogP contribution in [0.25, 0.3) is 0 Å². The standard InChI is InChI=1S/C8H18N2O/c1-6(5-11)8-4-9-3-7(2)10-8/h6-11H,3-5H2,1-2H3. The van der Waals surface area contributed by atoms with Gasteiger partial charge < -0.3 is 15.7 Å². The second-order valence-corrected chi connectivity index (χ2v) is 3.49. The number of hydrogen-bond donors (Lipinski definition) is 3. The van der Waals surface area contributed by atoms with Gasteiger partial charge in [-0.15, -0.1) is 0 Å². The van der Waals surface area contributed by atoms with Crippen LogP contribution in [-0.4, -0.2) is 36.9 Å². The molecule has 11 heavy (non-hydrogen) atoms. The molecule has 1 aliphatic rings. The van der Waals surface area contributed by atoms with Gasteiger partial charge in [0.1, 0.15) is 0 Å². The Bertz CT molecular complexity index is 119. The molecule has 0 aromatic carbocycles. The first-order valence-electron chi connectivity index (χ1n) is 4.31. The lowest BCUT2D eigenvalue weighted by Gasteiger charge is -2.32. The van der Waals surface area contributed by atoms with Crippen LogP contribution >= 0.6 is 0 Å². The van der Waals surface area contributed by atoms with E-state index in [1.165, 1.54) is 0 Å². The number of piperazine rings is 1. The molecule has 0 spiro atoms. The molecule has 3 N–H and O–H groups in total. The van der Waals surface area contributed by atoms with Crippen LogP contribution in [0.3, 0.4) is 0 Å². The van der Waals surface area contributed by atoms with Crippen molar-refractivity contribution in [2.24, 2.45) is 5.92 Å². The lowest BCUT2D eigenvalue weighted by molar-refractivity contribution is 0.180. The Balaban J connectivity index is 2.33. The zero-order chi connectivity index (χ0) is 8.27. The van der Waals surface area contributed by atoms with E-state index in [1.807, 2.05) is 0 Å². The second kappa shape index (κ2) is 4.04. The maximum absolute atomic E-state index is 8.91. The summed E-state index contributed by atoms with van der Waals surface area (Å²) in [5, 5.41) is 15.7. The topological polar surface area (TPSA) is 44.3 Å². The van der Waals surface area contributed by atoms with E-state index < -0.39 is 0 Å². The van der Waals surface area contributed by atoms with Gasteiger partial charge in [0.25, 0.3) is 0 Å². The summed E-state index contributed by atoms with van der Waals surface area (Å²) in [6.07, 6.45) is 0. The molecular weight excluding hydrogens is 140 g/mol. The van der Waals surface area contributed by atoms with Gasteiger partial charge in [0.05, 0.1) is 0 Å². The fraction of sp³-hybridized carbons (Fsp3) is 1.00. The predicted octanol–water partition coefficient (Wildman–Crippen LogP) is -0.435. The summed E-state index contributed by atoms with van der Waals surface area (Å²) < 4.78 is 0. The summed E-state index contributed by atoms with van der Waals surface area (Å²) in [5.74, 6) is 0.352. The van der Waals surface area contributed by atoms with Crippen molar-refractivity contribution in [3.8, 4) is 0 Å². The third-order valence-corrected chi connectivity index (χ3v) is 2.29. The number of nitrogens with one attached hydrogen (secondary N) is 2. The Labute approximate surface area is 68.2 Å². The van der Waals surface area contributed by atoms with Crippen LogP contribution in [0.4, 0.5) is 0 Å². The van der Waals surface area contributed by atoms with Gasteiger partial charge in [-0.05, 0) is 12.8 Å². The van der Waals surface area contributed by atoms with Crippen LogP contribution in [0.5, 0.6) is 0 Å². The van der Waals surface area contributed by atoms with Crippen LogP contribution in [-0.2, 0) is 0 Å². The molecule has 1 fully saturated rings. The lowest BCUT2D eigenvalue weighted by atomic mass is 10.00. The molecule has 3 heteroatoms. The molecule has 1 heterocycles. The zero-order valence-corrected chi connectivity index (χ0v) is 7.30. The number of rotatable bonds is 2.